The first-order valence-electron chi connectivity index (χ1n) is 5.86. The summed E-state index contributed by atoms with van der Waals surface area (Å²) < 4.78 is 0. The van der Waals surface area contributed by atoms with Gasteiger partial charge in [0.25, 0.3) is 0 Å². The Labute approximate surface area is 103 Å². The van der Waals surface area contributed by atoms with Crippen molar-refractivity contribution < 1.29 is 0 Å². The molecule has 1 rings (SSSR count). The fraction of sp³-hybridized carbons (Fsp3) is 0.615. The van der Waals surface area contributed by atoms with Gasteiger partial charge >= 0.3 is 0 Å². The van der Waals surface area contributed by atoms with Crippen molar-refractivity contribution in [2.45, 2.75) is 50.4 Å². The van der Waals surface area contributed by atoms with Crippen LogP contribution in [0.4, 0.5) is 0 Å². The quantitative estimate of drug-likeness (QED) is 0.801. The molecule has 90 valence electrons. The van der Waals surface area contributed by atoms with Gasteiger partial charge in [0.15, 0.2) is 0 Å². The zero-order valence-corrected chi connectivity index (χ0v) is 11.4. The minimum atomic E-state index is 0.204. The van der Waals surface area contributed by atoms with Gasteiger partial charge < -0.3 is 5.73 Å². The predicted octanol–water partition coefficient (Wildman–Crippen LogP) is 3.11. The molecule has 0 aliphatic carbocycles. The largest absolute Gasteiger partial charge is 0.328 e. The van der Waals surface area contributed by atoms with Crippen LogP contribution in [0.15, 0.2) is 23.4 Å². The van der Waals surface area contributed by atoms with E-state index >= 15 is 0 Å². The minimum Gasteiger partial charge on any atom is -0.328 e. The van der Waals surface area contributed by atoms with Crippen LogP contribution in [0.25, 0.3) is 0 Å². The van der Waals surface area contributed by atoms with Crippen molar-refractivity contribution in [3.8, 4) is 0 Å². The maximum absolute atomic E-state index is 5.75. The van der Waals surface area contributed by atoms with Crippen molar-refractivity contribution in [1.29, 1.82) is 0 Å². The molecule has 0 saturated carbocycles. The fourth-order valence-corrected chi connectivity index (χ4v) is 2.21. The average Bonchev–Trinajstić information content (AvgIpc) is 2.20. The third-order valence-electron chi connectivity index (χ3n) is 2.60. The molecule has 1 aromatic heterocycles. The Kier molecular flexibility index (Phi) is 5.29. The number of nitrogens with two attached hydrogens (primary N) is 1. The summed E-state index contributed by atoms with van der Waals surface area (Å²) >= 11 is 1.84. The highest BCUT2D eigenvalue weighted by Gasteiger charge is 2.09. The second-order valence-corrected chi connectivity index (χ2v) is 6.15. The van der Waals surface area contributed by atoms with E-state index in [2.05, 4.69) is 37.9 Å². The van der Waals surface area contributed by atoms with Gasteiger partial charge in [-0.3, -0.25) is 0 Å². The van der Waals surface area contributed by atoms with E-state index in [1.165, 1.54) is 5.56 Å². The zero-order chi connectivity index (χ0) is 12.1. The summed E-state index contributed by atoms with van der Waals surface area (Å²) in [6.45, 7) is 8.74. The topological polar surface area (TPSA) is 38.9 Å². The molecule has 0 aliphatic heterocycles. The van der Waals surface area contributed by atoms with Crippen molar-refractivity contribution in [3.05, 3.63) is 23.9 Å². The Hall–Kier alpha value is -0.540. The summed E-state index contributed by atoms with van der Waals surface area (Å²) in [5.74, 6) is 0.676. The number of hydrogen-bond acceptors (Lipinski definition) is 3. The van der Waals surface area contributed by atoms with E-state index in [0.717, 1.165) is 11.4 Å². The molecule has 2 unspecified atom stereocenters. The van der Waals surface area contributed by atoms with Crippen LogP contribution in [0.2, 0.25) is 0 Å². The van der Waals surface area contributed by atoms with E-state index in [-0.39, 0.29) is 6.04 Å². The first kappa shape index (κ1) is 13.5. The van der Waals surface area contributed by atoms with Crippen LogP contribution in [-0.4, -0.2) is 16.3 Å². The number of thioether (sulfide) groups is 1. The molecule has 0 radical (unpaired) electrons. The van der Waals surface area contributed by atoms with Gasteiger partial charge in [-0.1, -0.05) is 26.8 Å². The average molecular weight is 238 g/mol. The van der Waals surface area contributed by atoms with Crippen LogP contribution in [0.5, 0.6) is 0 Å². The summed E-state index contributed by atoms with van der Waals surface area (Å²) in [5.41, 5.74) is 6.97. The van der Waals surface area contributed by atoms with E-state index in [4.69, 9.17) is 5.73 Å². The number of hydrogen-bond donors (Lipinski definition) is 1. The lowest BCUT2D eigenvalue weighted by molar-refractivity contribution is 0.641. The van der Waals surface area contributed by atoms with Crippen molar-refractivity contribution in [2.24, 2.45) is 11.7 Å². The molecule has 16 heavy (non-hydrogen) atoms. The van der Waals surface area contributed by atoms with E-state index in [9.17, 15) is 0 Å². The molecule has 0 aliphatic rings. The van der Waals surface area contributed by atoms with Crippen LogP contribution >= 0.6 is 11.8 Å². The third kappa shape index (κ3) is 4.54. The summed E-state index contributed by atoms with van der Waals surface area (Å²) in [7, 11) is 0. The Morgan fingerprint density at radius 2 is 1.94 bits per heavy atom. The molecule has 2 atom stereocenters. The molecular formula is C13H22N2S. The molecule has 0 saturated heterocycles. The van der Waals surface area contributed by atoms with Crippen molar-refractivity contribution in [1.82, 2.24) is 4.98 Å². The number of rotatable bonds is 5. The maximum atomic E-state index is 5.75. The maximum Gasteiger partial charge on any atom is 0.0962 e. The Bertz CT molecular complexity index is 306. The first-order valence-corrected chi connectivity index (χ1v) is 6.74. The first-order chi connectivity index (χ1) is 7.49. The Morgan fingerprint density at radius 3 is 2.38 bits per heavy atom. The lowest BCUT2D eigenvalue weighted by Gasteiger charge is -2.14. The number of nitrogens with zero attached hydrogens (tertiary/aromatic N) is 1. The normalized spacial score (nSPS) is 15.1. The molecule has 0 amide bonds. The molecule has 3 heteroatoms. The highest BCUT2D eigenvalue weighted by Crippen LogP contribution is 2.25. The smallest absolute Gasteiger partial charge is 0.0962 e. The molecule has 0 aromatic carbocycles. The van der Waals surface area contributed by atoms with Gasteiger partial charge in [0.2, 0.25) is 0 Å². The summed E-state index contributed by atoms with van der Waals surface area (Å²) in [6.07, 6.45) is 2.84. The molecule has 2 N–H and O–H groups in total. The molecule has 1 heterocycles. The number of pyridine rings is 1. The van der Waals surface area contributed by atoms with E-state index < -0.39 is 0 Å². The lowest BCUT2D eigenvalue weighted by Crippen LogP contribution is -2.17. The summed E-state index contributed by atoms with van der Waals surface area (Å²) in [6, 6.07) is 4.43. The van der Waals surface area contributed by atoms with Gasteiger partial charge in [0.05, 0.1) is 5.03 Å². The highest BCUT2D eigenvalue weighted by molar-refractivity contribution is 7.99. The highest BCUT2D eigenvalue weighted by atomic mass is 32.2. The Balaban J connectivity index is 2.57. The zero-order valence-electron chi connectivity index (χ0n) is 10.6. The monoisotopic (exact) mass is 238 g/mol. The molecule has 0 fully saturated rings. The molecule has 0 bridgehead atoms. The standard InChI is InChI=1S/C13H22N2S/c1-9(2)11(4)16-13-6-5-12(8-15-13)7-10(3)14/h5-6,8-11H,7,14H2,1-4H3. The predicted molar refractivity (Wildman–Crippen MR) is 71.7 cm³/mol. The minimum absolute atomic E-state index is 0.204. The van der Waals surface area contributed by atoms with E-state index in [1.807, 2.05) is 24.9 Å². The van der Waals surface area contributed by atoms with Crippen LogP contribution in [0, 0.1) is 5.92 Å². The van der Waals surface area contributed by atoms with Gasteiger partial charge in [-0.15, -0.1) is 11.8 Å². The molecule has 1 aromatic rings. The van der Waals surface area contributed by atoms with Crippen molar-refractivity contribution >= 4 is 11.8 Å². The van der Waals surface area contributed by atoms with Crippen LogP contribution in [0.1, 0.15) is 33.3 Å². The van der Waals surface area contributed by atoms with Crippen LogP contribution in [-0.2, 0) is 6.42 Å². The van der Waals surface area contributed by atoms with Crippen LogP contribution < -0.4 is 5.73 Å². The third-order valence-corrected chi connectivity index (χ3v) is 4.00. The van der Waals surface area contributed by atoms with Crippen LogP contribution in [0.3, 0.4) is 0 Å². The van der Waals surface area contributed by atoms with Crippen molar-refractivity contribution in [2.75, 3.05) is 0 Å². The number of aromatic nitrogens is 1. The second kappa shape index (κ2) is 6.26. The van der Waals surface area contributed by atoms with Gasteiger partial charge in [-0.25, -0.2) is 4.98 Å². The lowest BCUT2D eigenvalue weighted by atomic mass is 10.1. The SMILES string of the molecule is CC(N)Cc1ccc(SC(C)C(C)C)nc1. The van der Waals surface area contributed by atoms with E-state index in [0.29, 0.717) is 11.2 Å². The molecule has 2 nitrogen and oxygen atoms in total. The van der Waals surface area contributed by atoms with E-state index in [1.54, 1.807) is 0 Å². The van der Waals surface area contributed by atoms with Gasteiger partial charge in [-0.2, -0.15) is 0 Å². The Morgan fingerprint density at radius 1 is 1.25 bits per heavy atom. The van der Waals surface area contributed by atoms with Gasteiger partial charge in [-0.05, 0) is 30.9 Å². The second-order valence-electron chi connectivity index (χ2n) is 4.75. The molecule has 0 spiro atoms. The van der Waals surface area contributed by atoms with Gasteiger partial charge in [0.1, 0.15) is 0 Å². The van der Waals surface area contributed by atoms with Gasteiger partial charge in [0, 0.05) is 17.5 Å². The molecular weight excluding hydrogens is 216 g/mol. The summed E-state index contributed by atoms with van der Waals surface area (Å²) in [4.78, 5) is 4.46. The summed E-state index contributed by atoms with van der Waals surface area (Å²) in [5, 5.41) is 1.71. The fourth-order valence-electron chi connectivity index (χ4n) is 1.30. The van der Waals surface area contributed by atoms with Crippen molar-refractivity contribution in [3.63, 3.8) is 0 Å².